The summed E-state index contributed by atoms with van der Waals surface area (Å²) >= 11 is 0. The Morgan fingerprint density at radius 3 is 2.68 bits per heavy atom. The van der Waals surface area contributed by atoms with E-state index in [-0.39, 0.29) is 12.5 Å². The summed E-state index contributed by atoms with van der Waals surface area (Å²) in [6.07, 6.45) is 4.26. The summed E-state index contributed by atoms with van der Waals surface area (Å²) in [7, 11) is 0. The minimum atomic E-state index is -0.163. The van der Waals surface area contributed by atoms with Crippen molar-refractivity contribution in [3.8, 4) is 0 Å². The normalized spacial score (nSPS) is 13.6. The van der Waals surface area contributed by atoms with Crippen LogP contribution in [0.3, 0.4) is 0 Å². The summed E-state index contributed by atoms with van der Waals surface area (Å²) in [5.41, 5.74) is 6.44. The van der Waals surface area contributed by atoms with Gasteiger partial charge in [-0.3, -0.25) is 9.48 Å². The Morgan fingerprint density at radius 1 is 1.10 bits per heavy atom. The zero-order valence-electron chi connectivity index (χ0n) is 18.1. The third kappa shape index (κ3) is 3.83. The van der Waals surface area contributed by atoms with Gasteiger partial charge in [0.1, 0.15) is 6.54 Å². The number of hydrogen-bond donors (Lipinski definition) is 1. The quantitative estimate of drug-likeness (QED) is 0.515. The number of hydrogen-bond acceptors (Lipinski definition) is 4. The number of rotatable bonds is 6. The molecule has 1 N–H and O–H groups in total. The molecular weight excluding hydrogens is 388 g/mol. The molecule has 31 heavy (non-hydrogen) atoms. The minimum absolute atomic E-state index is 0.106. The highest BCUT2D eigenvalue weighted by Gasteiger charge is 2.27. The molecule has 3 heterocycles. The van der Waals surface area contributed by atoms with Gasteiger partial charge in [0.15, 0.2) is 11.5 Å². The first-order valence-corrected chi connectivity index (χ1v) is 10.7. The van der Waals surface area contributed by atoms with Crippen LogP contribution < -0.4 is 5.32 Å². The van der Waals surface area contributed by atoms with E-state index in [1.54, 1.807) is 4.68 Å². The number of aryl methyl sites for hydroxylation is 3. The molecule has 0 bridgehead atoms. The number of nitrogens with zero attached hydrogens (tertiary/aromatic N) is 5. The molecule has 158 valence electrons. The van der Waals surface area contributed by atoms with Gasteiger partial charge in [0.05, 0.1) is 12.2 Å². The lowest BCUT2D eigenvalue weighted by Crippen LogP contribution is -2.20. The average molecular weight is 415 g/mol. The third-order valence-electron chi connectivity index (χ3n) is 5.98. The van der Waals surface area contributed by atoms with Crippen molar-refractivity contribution >= 4 is 22.8 Å². The molecule has 7 heteroatoms. The van der Waals surface area contributed by atoms with Gasteiger partial charge in [0, 0.05) is 23.3 Å². The Kier molecular flexibility index (Phi) is 4.81. The van der Waals surface area contributed by atoms with Crippen LogP contribution in [0.25, 0.3) is 11.0 Å². The zero-order valence-corrected chi connectivity index (χ0v) is 18.1. The number of benzene rings is 1. The van der Waals surface area contributed by atoms with Gasteiger partial charge < -0.3 is 5.32 Å². The fourth-order valence-electron chi connectivity index (χ4n) is 4.15. The molecule has 0 spiro atoms. The standard InChI is InChI=1S/C24H26N6O/c1-15-6-4-5-7-19(15)13-29-16(2)12-21(28-29)26-22(31)14-30-24-23(17(3)27-30)20(10-11-25-24)18-8-9-18/h4-7,10-12,18H,8-9,13-14H2,1-3H3,(H,26,28,31). The van der Waals surface area contributed by atoms with E-state index in [0.717, 1.165) is 22.4 Å². The van der Waals surface area contributed by atoms with Crippen molar-refractivity contribution in [1.29, 1.82) is 0 Å². The Morgan fingerprint density at radius 2 is 1.90 bits per heavy atom. The molecule has 0 aliphatic heterocycles. The average Bonchev–Trinajstić information content (AvgIpc) is 3.47. The van der Waals surface area contributed by atoms with Crippen LogP contribution in [0.2, 0.25) is 0 Å². The summed E-state index contributed by atoms with van der Waals surface area (Å²) in [4.78, 5) is 17.3. The van der Waals surface area contributed by atoms with Gasteiger partial charge in [0.25, 0.3) is 0 Å². The number of fused-ring (bicyclic) bond motifs is 1. The third-order valence-corrected chi connectivity index (χ3v) is 5.98. The van der Waals surface area contributed by atoms with E-state index >= 15 is 0 Å². The van der Waals surface area contributed by atoms with Crippen LogP contribution >= 0.6 is 0 Å². The molecule has 7 nitrogen and oxygen atoms in total. The van der Waals surface area contributed by atoms with Gasteiger partial charge in [-0.1, -0.05) is 24.3 Å². The maximum atomic E-state index is 12.7. The van der Waals surface area contributed by atoms with Crippen molar-refractivity contribution in [2.24, 2.45) is 0 Å². The van der Waals surface area contributed by atoms with Crippen LogP contribution in [-0.4, -0.2) is 30.5 Å². The number of carbonyl (C=O) groups is 1. The second-order valence-corrected chi connectivity index (χ2v) is 8.42. The number of carbonyl (C=O) groups excluding carboxylic acids is 1. The van der Waals surface area contributed by atoms with Crippen LogP contribution in [-0.2, 0) is 17.9 Å². The number of amides is 1. The maximum Gasteiger partial charge on any atom is 0.247 e. The lowest BCUT2D eigenvalue weighted by Gasteiger charge is -2.07. The molecule has 1 aliphatic rings. The van der Waals surface area contributed by atoms with E-state index < -0.39 is 0 Å². The molecule has 1 fully saturated rings. The predicted octanol–water partition coefficient (Wildman–Crippen LogP) is 4.12. The summed E-state index contributed by atoms with van der Waals surface area (Å²) in [6.45, 7) is 6.85. The summed E-state index contributed by atoms with van der Waals surface area (Å²) in [6, 6.07) is 12.2. The maximum absolute atomic E-state index is 12.7. The monoisotopic (exact) mass is 414 g/mol. The summed E-state index contributed by atoms with van der Waals surface area (Å²) < 4.78 is 3.61. The number of aromatic nitrogens is 5. The Labute approximate surface area is 181 Å². The van der Waals surface area contributed by atoms with Crippen molar-refractivity contribution in [3.05, 3.63) is 70.7 Å². The second kappa shape index (κ2) is 7.65. The summed E-state index contributed by atoms with van der Waals surface area (Å²) in [5.74, 6) is 0.996. The fraction of sp³-hybridized carbons (Fsp3) is 0.333. The number of pyridine rings is 1. The van der Waals surface area contributed by atoms with E-state index in [0.29, 0.717) is 18.3 Å². The Hall–Kier alpha value is -3.48. The fourth-order valence-corrected chi connectivity index (χ4v) is 4.15. The second-order valence-electron chi connectivity index (χ2n) is 8.42. The Balaban J connectivity index is 1.33. The van der Waals surface area contributed by atoms with Crippen molar-refractivity contribution in [2.45, 2.75) is 52.6 Å². The minimum Gasteiger partial charge on any atom is -0.308 e. The number of nitrogens with one attached hydrogen (secondary N) is 1. The van der Waals surface area contributed by atoms with Crippen LogP contribution in [0.15, 0.2) is 42.6 Å². The highest BCUT2D eigenvalue weighted by molar-refractivity contribution is 5.91. The van der Waals surface area contributed by atoms with E-state index in [2.05, 4.69) is 45.6 Å². The van der Waals surface area contributed by atoms with Gasteiger partial charge >= 0.3 is 0 Å². The molecule has 0 atom stereocenters. The van der Waals surface area contributed by atoms with E-state index in [9.17, 15) is 4.79 Å². The molecular formula is C24H26N6O. The van der Waals surface area contributed by atoms with Crippen LogP contribution in [0.5, 0.6) is 0 Å². The Bertz CT molecular complexity index is 1280. The van der Waals surface area contributed by atoms with Crippen LogP contribution in [0.4, 0.5) is 5.82 Å². The molecule has 0 saturated heterocycles. The predicted molar refractivity (Wildman–Crippen MR) is 120 cm³/mol. The highest BCUT2D eigenvalue weighted by Crippen LogP contribution is 2.43. The first kappa shape index (κ1) is 19.5. The first-order valence-electron chi connectivity index (χ1n) is 10.7. The zero-order chi connectivity index (χ0) is 21.5. The van der Waals surface area contributed by atoms with Gasteiger partial charge in [0.2, 0.25) is 5.91 Å². The van der Waals surface area contributed by atoms with Crippen molar-refractivity contribution < 1.29 is 4.79 Å². The molecule has 3 aromatic heterocycles. The lowest BCUT2D eigenvalue weighted by atomic mass is 10.1. The SMILES string of the molecule is Cc1ccccc1Cn1nc(NC(=O)Cn2nc(C)c3c(C4CC4)ccnc32)cc1C. The van der Waals surface area contributed by atoms with Crippen LogP contribution in [0.1, 0.15) is 46.8 Å². The van der Waals surface area contributed by atoms with Gasteiger partial charge in [-0.15, -0.1) is 0 Å². The van der Waals surface area contributed by atoms with Gasteiger partial charge in [-0.25, -0.2) is 9.67 Å². The van der Waals surface area contributed by atoms with E-state index in [1.807, 2.05) is 42.9 Å². The van der Waals surface area contributed by atoms with Gasteiger partial charge in [-0.05, 0) is 62.3 Å². The molecule has 0 unspecified atom stereocenters. The molecule has 1 aliphatic carbocycles. The first-order chi connectivity index (χ1) is 15.0. The lowest BCUT2D eigenvalue weighted by molar-refractivity contribution is -0.116. The van der Waals surface area contributed by atoms with Crippen molar-refractivity contribution in [3.63, 3.8) is 0 Å². The van der Waals surface area contributed by atoms with Crippen molar-refractivity contribution in [2.75, 3.05) is 5.32 Å². The smallest absolute Gasteiger partial charge is 0.247 e. The van der Waals surface area contributed by atoms with Crippen molar-refractivity contribution in [1.82, 2.24) is 24.5 Å². The summed E-state index contributed by atoms with van der Waals surface area (Å²) in [5, 5.41) is 13.2. The van der Waals surface area contributed by atoms with Gasteiger partial charge in [-0.2, -0.15) is 10.2 Å². The molecule has 1 amide bonds. The molecule has 0 radical (unpaired) electrons. The largest absolute Gasteiger partial charge is 0.308 e. The molecule has 1 aromatic carbocycles. The van der Waals surface area contributed by atoms with Crippen LogP contribution in [0, 0.1) is 20.8 Å². The molecule has 4 aromatic rings. The molecule has 1 saturated carbocycles. The molecule has 5 rings (SSSR count). The topological polar surface area (TPSA) is 77.6 Å². The van der Waals surface area contributed by atoms with E-state index in [1.165, 1.54) is 29.5 Å². The van der Waals surface area contributed by atoms with E-state index in [4.69, 9.17) is 0 Å². The highest BCUT2D eigenvalue weighted by atomic mass is 16.2. The number of anilines is 1.